The van der Waals surface area contributed by atoms with Gasteiger partial charge in [-0.1, -0.05) is 60.7 Å². The summed E-state index contributed by atoms with van der Waals surface area (Å²) < 4.78 is 0. The number of anilines is 1. The van der Waals surface area contributed by atoms with Gasteiger partial charge in [0.05, 0.1) is 18.4 Å². The summed E-state index contributed by atoms with van der Waals surface area (Å²) in [6.45, 7) is 4.16. The van der Waals surface area contributed by atoms with E-state index in [1.807, 2.05) is 86.6 Å². The van der Waals surface area contributed by atoms with E-state index in [4.69, 9.17) is 5.11 Å². The fourth-order valence-corrected chi connectivity index (χ4v) is 6.22. The molecule has 4 rings (SSSR count). The molecule has 0 aromatic heterocycles. The van der Waals surface area contributed by atoms with Crippen molar-refractivity contribution in [3.63, 3.8) is 0 Å². The van der Waals surface area contributed by atoms with Crippen LogP contribution < -0.4 is 31.9 Å². The number of urea groups is 2. The maximum Gasteiger partial charge on any atom is 0.315 e. The molecular weight excluding hydrogens is 592 g/mol. The van der Waals surface area contributed by atoms with Crippen LogP contribution in [0.3, 0.4) is 0 Å². The van der Waals surface area contributed by atoms with Crippen molar-refractivity contribution >= 4 is 35.4 Å². The number of nitrogens with one attached hydrogen (secondary N) is 6. The number of para-hydroxylation sites is 1. The van der Waals surface area contributed by atoms with Crippen LogP contribution in [0.15, 0.2) is 77.7 Å². The quantitative estimate of drug-likeness (QED) is 0.152. The number of hydrogen-bond acceptors (Lipinski definition) is 7. The van der Waals surface area contributed by atoms with Crippen molar-refractivity contribution in [2.24, 2.45) is 0 Å². The number of benzene rings is 3. The van der Waals surface area contributed by atoms with Crippen molar-refractivity contribution in [2.75, 3.05) is 32.1 Å². The highest BCUT2D eigenvalue weighted by Crippen LogP contribution is 2.37. The Labute approximate surface area is 268 Å². The van der Waals surface area contributed by atoms with E-state index in [0.29, 0.717) is 18.7 Å². The van der Waals surface area contributed by atoms with Gasteiger partial charge in [-0.05, 0) is 54.7 Å². The first-order chi connectivity index (χ1) is 21.6. The average Bonchev–Trinajstić information content (AvgIpc) is 3.17. The lowest BCUT2D eigenvalue weighted by atomic mass is 9.97. The van der Waals surface area contributed by atoms with Crippen LogP contribution in [0.4, 0.5) is 15.3 Å². The van der Waals surface area contributed by atoms with Crippen LogP contribution in [0.25, 0.3) is 11.1 Å². The maximum atomic E-state index is 13.5. The fourth-order valence-electron chi connectivity index (χ4n) is 4.89. The van der Waals surface area contributed by atoms with Gasteiger partial charge in [0.25, 0.3) is 0 Å². The summed E-state index contributed by atoms with van der Waals surface area (Å²) in [6.07, 6.45) is -0.383. The second-order valence-corrected chi connectivity index (χ2v) is 12.8. The van der Waals surface area contributed by atoms with Gasteiger partial charge in [0, 0.05) is 42.4 Å². The summed E-state index contributed by atoms with van der Waals surface area (Å²) in [5.74, 6) is -0.301. The van der Waals surface area contributed by atoms with Gasteiger partial charge < -0.3 is 42.1 Å². The molecule has 3 aromatic rings. The summed E-state index contributed by atoms with van der Waals surface area (Å²) >= 11 is 1.54. The Balaban J connectivity index is 1.49. The van der Waals surface area contributed by atoms with Crippen LogP contribution in [0.1, 0.15) is 25.0 Å². The molecule has 1 aliphatic heterocycles. The van der Waals surface area contributed by atoms with Crippen LogP contribution in [-0.2, 0) is 17.8 Å². The lowest BCUT2D eigenvalue weighted by molar-refractivity contribution is -0.117. The van der Waals surface area contributed by atoms with Gasteiger partial charge in [-0.3, -0.25) is 4.79 Å². The third-order valence-electron chi connectivity index (χ3n) is 7.47. The van der Waals surface area contributed by atoms with Crippen molar-refractivity contribution in [2.45, 2.75) is 54.6 Å². The van der Waals surface area contributed by atoms with Crippen molar-refractivity contribution < 1.29 is 24.6 Å². The van der Waals surface area contributed by atoms with Crippen molar-refractivity contribution in [1.82, 2.24) is 26.6 Å². The van der Waals surface area contributed by atoms with Gasteiger partial charge >= 0.3 is 12.1 Å². The van der Waals surface area contributed by atoms with E-state index in [0.717, 1.165) is 27.1 Å². The standard InChI is InChI=1S/C33H42N6O5S/c1-33(2,37-18-24(41)19-40)20-36-32(44)39-29-28(45-27-11-7-6-10-26(27)38-30(29)42)16-21-12-14-22(15-13-21)25-9-5-4-8-23(25)17-35-31(43)34-3/h4-15,24,28-29,37,40-41H,16-20H2,1-3H3,(H,38,42)(H2,34,35,43)(H2,36,39,44)/t24-,28?,29+/m0/s1. The minimum atomic E-state index is -0.901. The molecule has 8 N–H and O–H groups in total. The fraction of sp³-hybridized carbons (Fsp3) is 0.364. The van der Waals surface area contributed by atoms with Crippen molar-refractivity contribution in [1.29, 1.82) is 0 Å². The lowest BCUT2D eigenvalue weighted by Gasteiger charge is -2.29. The number of aliphatic hydroxyl groups is 2. The Morgan fingerprint density at radius 1 is 0.978 bits per heavy atom. The van der Waals surface area contributed by atoms with Gasteiger partial charge in [0.1, 0.15) is 6.04 Å². The van der Waals surface area contributed by atoms with E-state index in [9.17, 15) is 19.5 Å². The molecule has 3 aromatic carbocycles. The zero-order valence-corrected chi connectivity index (χ0v) is 26.5. The number of fused-ring (bicyclic) bond motifs is 1. The lowest BCUT2D eigenvalue weighted by Crippen LogP contribution is -2.57. The number of rotatable bonds is 12. The predicted molar refractivity (Wildman–Crippen MR) is 177 cm³/mol. The Bertz CT molecular complexity index is 1470. The van der Waals surface area contributed by atoms with E-state index >= 15 is 0 Å². The number of aliphatic hydroxyl groups excluding tert-OH is 2. The second-order valence-electron chi connectivity index (χ2n) is 11.5. The van der Waals surface area contributed by atoms with Crippen molar-refractivity contribution in [3.05, 3.63) is 83.9 Å². The molecule has 240 valence electrons. The number of β-amino-alcohol motifs (C(OH)–C–C–N with tert-alkyl or cyclic N) is 1. The van der Waals surface area contributed by atoms with E-state index < -0.39 is 23.7 Å². The third-order valence-corrected chi connectivity index (χ3v) is 8.82. The Hall–Kier alpha value is -4.10. The topological polar surface area (TPSA) is 164 Å². The largest absolute Gasteiger partial charge is 0.394 e. The normalized spacial score (nSPS) is 16.9. The Kier molecular flexibility index (Phi) is 11.8. The molecule has 45 heavy (non-hydrogen) atoms. The first-order valence-electron chi connectivity index (χ1n) is 14.9. The molecule has 11 nitrogen and oxygen atoms in total. The molecule has 0 saturated carbocycles. The zero-order valence-electron chi connectivity index (χ0n) is 25.7. The molecule has 12 heteroatoms. The van der Waals surface area contributed by atoms with Crippen LogP contribution in [0.2, 0.25) is 0 Å². The molecule has 3 atom stereocenters. The maximum absolute atomic E-state index is 13.5. The average molecular weight is 635 g/mol. The molecule has 0 bridgehead atoms. The molecule has 0 radical (unpaired) electrons. The minimum absolute atomic E-state index is 0.173. The monoisotopic (exact) mass is 634 g/mol. The first kappa shape index (κ1) is 33.8. The summed E-state index contributed by atoms with van der Waals surface area (Å²) in [6, 6.07) is 22.0. The number of thioether (sulfide) groups is 1. The van der Waals surface area contributed by atoms with E-state index in [2.05, 4.69) is 31.9 Å². The van der Waals surface area contributed by atoms with E-state index in [1.54, 1.807) is 18.8 Å². The van der Waals surface area contributed by atoms with Gasteiger partial charge in [0.2, 0.25) is 5.91 Å². The molecule has 0 saturated heterocycles. The number of hydrogen-bond donors (Lipinski definition) is 8. The van der Waals surface area contributed by atoms with Crippen LogP contribution in [0.5, 0.6) is 0 Å². The molecular formula is C33H42N6O5S. The highest BCUT2D eigenvalue weighted by atomic mass is 32.2. The van der Waals surface area contributed by atoms with Crippen LogP contribution in [-0.4, -0.2) is 77.9 Å². The SMILES string of the molecule is CNC(=O)NCc1ccccc1-c1ccc(CC2Sc3ccccc3NC(=O)[C@@H]2NC(=O)NCC(C)(C)NC[C@H](O)CO)cc1. The van der Waals surface area contributed by atoms with Gasteiger partial charge in [-0.2, -0.15) is 0 Å². The number of carbonyl (C=O) groups is 3. The second kappa shape index (κ2) is 15.8. The van der Waals surface area contributed by atoms with Gasteiger partial charge in [-0.15, -0.1) is 11.8 Å². The van der Waals surface area contributed by atoms with Crippen LogP contribution in [0, 0.1) is 0 Å². The smallest absolute Gasteiger partial charge is 0.315 e. The van der Waals surface area contributed by atoms with Gasteiger partial charge in [0.15, 0.2) is 0 Å². The Morgan fingerprint density at radius 2 is 1.69 bits per heavy atom. The molecule has 1 heterocycles. The molecule has 5 amide bonds. The number of amides is 5. The van der Waals surface area contributed by atoms with Crippen molar-refractivity contribution in [3.8, 4) is 11.1 Å². The number of carbonyl (C=O) groups excluding carboxylic acids is 3. The molecule has 0 spiro atoms. The summed E-state index contributed by atoms with van der Waals surface area (Å²) in [4.78, 5) is 39.2. The first-order valence-corrected chi connectivity index (χ1v) is 15.7. The summed E-state index contributed by atoms with van der Waals surface area (Å²) in [7, 11) is 1.58. The summed E-state index contributed by atoms with van der Waals surface area (Å²) in [5, 5.41) is 35.6. The summed E-state index contributed by atoms with van der Waals surface area (Å²) in [5.41, 5.74) is 4.14. The Morgan fingerprint density at radius 3 is 2.42 bits per heavy atom. The molecule has 0 aliphatic carbocycles. The minimum Gasteiger partial charge on any atom is -0.394 e. The molecule has 1 aliphatic rings. The van der Waals surface area contributed by atoms with Gasteiger partial charge in [-0.25, -0.2) is 9.59 Å². The zero-order chi connectivity index (χ0) is 32.4. The molecule has 0 fully saturated rings. The third kappa shape index (κ3) is 9.69. The van der Waals surface area contributed by atoms with E-state index in [-0.39, 0.29) is 36.9 Å². The highest BCUT2D eigenvalue weighted by molar-refractivity contribution is 8.00. The van der Waals surface area contributed by atoms with Crippen LogP contribution >= 0.6 is 11.8 Å². The van der Waals surface area contributed by atoms with E-state index in [1.165, 1.54) is 0 Å². The highest BCUT2D eigenvalue weighted by Gasteiger charge is 2.35. The predicted octanol–water partition coefficient (Wildman–Crippen LogP) is 2.83. The molecule has 1 unspecified atom stereocenters.